The second-order valence-electron chi connectivity index (χ2n) is 6.87. The number of anilines is 1. The van der Waals surface area contributed by atoms with Crippen LogP contribution in [-0.4, -0.2) is 22.1 Å². The minimum atomic E-state index is -0.0725. The Kier molecular flexibility index (Phi) is 5.65. The predicted octanol–water partition coefficient (Wildman–Crippen LogP) is 5.88. The van der Waals surface area contributed by atoms with Gasteiger partial charge >= 0.3 is 0 Å². The Morgan fingerprint density at radius 1 is 1.10 bits per heavy atom. The van der Waals surface area contributed by atoms with Gasteiger partial charge in [0.1, 0.15) is 0 Å². The van der Waals surface area contributed by atoms with Crippen molar-refractivity contribution in [2.24, 2.45) is 0 Å². The topological polar surface area (TPSA) is 46.1 Å². The molecule has 0 saturated carbocycles. The first-order chi connectivity index (χ1) is 14.0. The Bertz CT molecular complexity index is 1150. The molecule has 0 atom stereocenters. The van der Waals surface area contributed by atoms with Crippen molar-refractivity contribution in [2.45, 2.75) is 25.3 Å². The third kappa shape index (κ3) is 4.18. The second-order valence-corrected chi connectivity index (χ2v) is 8.72. The lowest BCUT2D eigenvalue weighted by Gasteiger charge is -2.19. The van der Waals surface area contributed by atoms with Crippen molar-refractivity contribution in [1.29, 1.82) is 0 Å². The van der Waals surface area contributed by atoms with Gasteiger partial charge < -0.3 is 0 Å². The summed E-state index contributed by atoms with van der Waals surface area (Å²) in [5, 5.41) is 0.693. The van der Waals surface area contributed by atoms with Gasteiger partial charge in [0.05, 0.1) is 22.5 Å². The van der Waals surface area contributed by atoms with E-state index in [9.17, 15) is 4.79 Å². The number of rotatable bonds is 5. The molecule has 2 aromatic heterocycles. The summed E-state index contributed by atoms with van der Waals surface area (Å²) >= 11 is 3.21. The zero-order valence-corrected chi connectivity index (χ0v) is 18.2. The van der Waals surface area contributed by atoms with Gasteiger partial charge in [-0.2, -0.15) is 0 Å². The molecule has 0 fully saturated rings. The molecule has 0 aliphatic heterocycles. The van der Waals surface area contributed by atoms with Crippen molar-refractivity contribution in [3.05, 3.63) is 83.2 Å². The number of nitrogens with zero attached hydrogens (tertiary/aromatic N) is 3. The van der Waals surface area contributed by atoms with Crippen LogP contribution >= 0.6 is 23.1 Å². The molecule has 146 valence electrons. The largest absolute Gasteiger partial charge is 0.278 e. The Morgan fingerprint density at radius 2 is 1.90 bits per heavy atom. The molecule has 4 aromatic rings. The molecule has 4 rings (SSSR count). The average molecular weight is 420 g/mol. The number of carbonyl (C=O) groups excluding carboxylic acids is 1. The van der Waals surface area contributed by atoms with Gasteiger partial charge in [0.25, 0.3) is 5.91 Å². The van der Waals surface area contributed by atoms with Crippen molar-refractivity contribution in [1.82, 2.24) is 9.97 Å². The average Bonchev–Trinajstić information content (AvgIpc) is 3.16. The molecule has 0 saturated heterocycles. The SMILES string of the molecule is CSc1ccc(C(=O)N(Cc2ccccn2)c2nc3cc(C)cc(C)c3s2)cc1. The Labute approximate surface area is 178 Å². The molecule has 2 heterocycles. The highest BCUT2D eigenvalue weighted by Gasteiger charge is 2.22. The number of thiazole rings is 1. The van der Waals surface area contributed by atoms with Crippen LogP contribution in [0.5, 0.6) is 0 Å². The Hall–Kier alpha value is -2.70. The molecule has 0 aliphatic rings. The molecule has 0 spiro atoms. The van der Waals surface area contributed by atoms with Crippen molar-refractivity contribution < 1.29 is 4.79 Å². The first-order valence-corrected chi connectivity index (χ1v) is 11.3. The van der Waals surface area contributed by atoms with Gasteiger partial charge in [-0.15, -0.1) is 11.8 Å². The van der Waals surface area contributed by atoms with Crippen molar-refractivity contribution in [3.8, 4) is 0 Å². The van der Waals surface area contributed by atoms with E-state index in [2.05, 4.69) is 31.0 Å². The highest BCUT2D eigenvalue weighted by atomic mass is 32.2. The van der Waals surface area contributed by atoms with Gasteiger partial charge in [0.15, 0.2) is 5.13 Å². The van der Waals surface area contributed by atoms with Crippen LogP contribution in [0.1, 0.15) is 27.2 Å². The van der Waals surface area contributed by atoms with Gasteiger partial charge in [-0.05, 0) is 73.7 Å². The van der Waals surface area contributed by atoms with Gasteiger partial charge in [0, 0.05) is 16.7 Å². The summed E-state index contributed by atoms with van der Waals surface area (Å²) in [5.41, 5.74) is 4.75. The number of thioether (sulfide) groups is 1. The summed E-state index contributed by atoms with van der Waals surface area (Å²) in [6.07, 6.45) is 3.77. The van der Waals surface area contributed by atoms with E-state index in [1.807, 2.05) is 48.7 Å². The summed E-state index contributed by atoms with van der Waals surface area (Å²) in [7, 11) is 0. The van der Waals surface area contributed by atoms with E-state index in [0.717, 1.165) is 20.8 Å². The minimum absolute atomic E-state index is 0.0725. The maximum Gasteiger partial charge on any atom is 0.260 e. The van der Waals surface area contributed by atoms with Crippen LogP contribution in [0.3, 0.4) is 0 Å². The van der Waals surface area contributed by atoms with Crippen LogP contribution in [0.4, 0.5) is 5.13 Å². The zero-order valence-electron chi connectivity index (χ0n) is 16.5. The summed E-state index contributed by atoms with van der Waals surface area (Å²) in [4.78, 5) is 25.5. The molecular formula is C23H21N3OS2. The Morgan fingerprint density at radius 3 is 2.59 bits per heavy atom. The number of benzene rings is 2. The third-order valence-electron chi connectivity index (χ3n) is 4.67. The monoisotopic (exact) mass is 419 g/mol. The molecule has 2 aromatic carbocycles. The number of carbonyl (C=O) groups is 1. The molecule has 4 nitrogen and oxygen atoms in total. The molecule has 1 amide bonds. The molecule has 0 aliphatic carbocycles. The van der Waals surface area contributed by atoms with E-state index in [1.165, 1.54) is 11.1 Å². The first-order valence-electron chi connectivity index (χ1n) is 9.29. The molecular weight excluding hydrogens is 398 g/mol. The van der Waals surface area contributed by atoms with Crippen LogP contribution in [0, 0.1) is 13.8 Å². The fourth-order valence-electron chi connectivity index (χ4n) is 3.25. The molecule has 0 unspecified atom stereocenters. The highest BCUT2D eigenvalue weighted by Crippen LogP contribution is 2.33. The van der Waals surface area contributed by atoms with Gasteiger partial charge in [0.2, 0.25) is 0 Å². The maximum absolute atomic E-state index is 13.4. The van der Waals surface area contributed by atoms with Crippen LogP contribution < -0.4 is 4.90 Å². The number of pyridine rings is 1. The lowest BCUT2D eigenvalue weighted by molar-refractivity contribution is 0.0984. The fourth-order valence-corrected chi connectivity index (χ4v) is 4.67. The quantitative estimate of drug-likeness (QED) is 0.379. The zero-order chi connectivity index (χ0) is 20.4. The Balaban J connectivity index is 1.77. The summed E-state index contributed by atoms with van der Waals surface area (Å²) < 4.78 is 1.11. The van der Waals surface area contributed by atoms with Gasteiger partial charge in [-0.1, -0.05) is 23.5 Å². The number of fused-ring (bicyclic) bond motifs is 1. The molecule has 0 radical (unpaired) electrons. The molecule has 29 heavy (non-hydrogen) atoms. The number of hydrogen-bond acceptors (Lipinski definition) is 5. The van der Waals surface area contributed by atoms with Crippen molar-refractivity contribution >= 4 is 44.4 Å². The van der Waals surface area contributed by atoms with E-state index >= 15 is 0 Å². The lowest BCUT2D eigenvalue weighted by atomic mass is 10.1. The number of amides is 1. The number of aromatic nitrogens is 2. The molecule has 0 bridgehead atoms. The van der Waals surface area contributed by atoms with Crippen molar-refractivity contribution in [2.75, 3.05) is 11.2 Å². The number of aryl methyl sites for hydroxylation is 2. The minimum Gasteiger partial charge on any atom is -0.278 e. The fraction of sp³-hybridized carbons (Fsp3) is 0.174. The van der Waals surface area contributed by atoms with E-state index in [1.54, 1.807) is 34.2 Å². The second kappa shape index (κ2) is 8.35. The normalized spacial score (nSPS) is 11.0. The van der Waals surface area contributed by atoms with E-state index in [0.29, 0.717) is 17.2 Å². The summed E-state index contributed by atoms with van der Waals surface area (Å²) in [5.74, 6) is -0.0725. The molecule has 6 heteroatoms. The third-order valence-corrected chi connectivity index (χ3v) is 6.64. The van der Waals surface area contributed by atoms with Crippen molar-refractivity contribution in [3.63, 3.8) is 0 Å². The van der Waals surface area contributed by atoms with E-state index < -0.39 is 0 Å². The standard InChI is InChI=1S/C23H21N3OS2/c1-15-12-16(2)21-20(13-15)25-23(29-21)26(14-18-6-4-5-11-24-18)22(27)17-7-9-19(28-3)10-8-17/h4-13H,14H2,1-3H3. The van der Waals surface area contributed by atoms with Crippen LogP contribution in [0.15, 0.2) is 65.7 Å². The molecule has 0 N–H and O–H groups in total. The maximum atomic E-state index is 13.4. The summed E-state index contributed by atoms with van der Waals surface area (Å²) in [6, 6.07) is 17.7. The van der Waals surface area contributed by atoms with E-state index in [4.69, 9.17) is 4.98 Å². The van der Waals surface area contributed by atoms with Gasteiger partial charge in [-0.25, -0.2) is 4.98 Å². The van der Waals surface area contributed by atoms with Gasteiger partial charge in [-0.3, -0.25) is 14.7 Å². The highest BCUT2D eigenvalue weighted by molar-refractivity contribution is 7.98. The van der Waals surface area contributed by atoms with E-state index in [-0.39, 0.29) is 5.91 Å². The smallest absolute Gasteiger partial charge is 0.260 e. The van der Waals surface area contributed by atoms with Crippen LogP contribution in [-0.2, 0) is 6.54 Å². The lowest BCUT2D eigenvalue weighted by Crippen LogP contribution is -2.30. The number of hydrogen-bond donors (Lipinski definition) is 0. The first kappa shape index (κ1) is 19.6. The van der Waals surface area contributed by atoms with Crippen LogP contribution in [0.25, 0.3) is 10.2 Å². The summed E-state index contributed by atoms with van der Waals surface area (Å²) in [6.45, 7) is 4.53. The van der Waals surface area contributed by atoms with Crippen LogP contribution in [0.2, 0.25) is 0 Å². The predicted molar refractivity (Wildman–Crippen MR) is 122 cm³/mol.